The molecule has 2 aromatic carbocycles. The van der Waals surface area contributed by atoms with Crippen molar-refractivity contribution < 1.29 is 27.9 Å². The van der Waals surface area contributed by atoms with E-state index >= 15 is 0 Å². The summed E-state index contributed by atoms with van der Waals surface area (Å²) in [6, 6.07) is 10.4. The molecular weight excluding hydrogens is 729 g/mol. The van der Waals surface area contributed by atoms with E-state index in [1.807, 2.05) is 36.1 Å². The van der Waals surface area contributed by atoms with Gasteiger partial charge in [-0.25, -0.2) is 9.97 Å². The van der Waals surface area contributed by atoms with Crippen LogP contribution in [-0.4, -0.2) is 95.1 Å². The van der Waals surface area contributed by atoms with Gasteiger partial charge in [0.1, 0.15) is 18.6 Å². The standard InChI is InChI=1S/C36H36ClF3N10O4/c1-3-27-30(47-13-15-48(16-14-47)33(53)29-31(52)21(2)41-20-42-29)34(54)50-35(44-32(45-50)23-7-5-22(6-8-23)18-46-11-4-12-46)49(27)19-28(51)43-26-10-9-24(17-25(26)37)36(38,39)40/h5-10,17,20,52H,3-4,11-16,18-19H2,1-2H3,(H,43,51). The van der Waals surface area contributed by atoms with E-state index < -0.39 is 29.1 Å². The van der Waals surface area contributed by atoms with E-state index in [1.165, 1.54) is 17.6 Å². The number of carbonyl (C=O) groups excluding carboxylic acids is 2. The number of piperazine rings is 1. The molecule has 0 bridgehead atoms. The third-order valence-electron chi connectivity index (χ3n) is 9.69. The maximum atomic E-state index is 14.3. The minimum absolute atomic E-state index is 0.0174. The van der Waals surface area contributed by atoms with Crippen LogP contribution in [0.3, 0.4) is 0 Å². The molecule has 54 heavy (non-hydrogen) atoms. The van der Waals surface area contributed by atoms with Gasteiger partial charge in [0.05, 0.1) is 27.7 Å². The van der Waals surface area contributed by atoms with Gasteiger partial charge in [-0.15, -0.1) is 5.10 Å². The Labute approximate surface area is 311 Å². The summed E-state index contributed by atoms with van der Waals surface area (Å²) in [6.07, 6.45) is -1.94. The van der Waals surface area contributed by atoms with E-state index in [0.29, 0.717) is 11.3 Å². The number of aromatic nitrogens is 6. The van der Waals surface area contributed by atoms with Crippen molar-refractivity contribution in [2.75, 3.05) is 49.5 Å². The third kappa shape index (κ3) is 7.20. The van der Waals surface area contributed by atoms with Crippen LogP contribution in [-0.2, 0) is 30.5 Å². The first kappa shape index (κ1) is 36.8. The number of aromatic hydroxyl groups is 1. The molecule has 14 nitrogen and oxygen atoms in total. The van der Waals surface area contributed by atoms with Crippen LogP contribution in [0.5, 0.6) is 5.75 Å². The van der Waals surface area contributed by atoms with E-state index in [1.54, 1.807) is 11.5 Å². The maximum Gasteiger partial charge on any atom is 0.416 e. The van der Waals surface area contributed by atoms with Gasteiger partial charge in [0.25, 0.3) is 11.5 Å². The second-order valence-electron chi connectivity index (χ2n) is 13.2. The molecule has 5 aromatic rings. The number of benzene rings is 2. The molecule has 2 aliphatic rings. The molecule has 2 amide bonds. The number of amides is 2. The summed E-state index contributed by atoms with van der Waals surface area (Å²) in [4.78, 5) is 59.5. The summed E-state index contributed by atoms with van der Waals surface area (Å²) in [5, 5.41) is 17.3. The predicted octanol–water partition coefficient (Wildman–Crippen LogP) is 4.40. The summed E-state index contributed by atoms with van der Waals surface area (Å²) < 4.78 is 42.5. The summed E-state index contributed by atoms with van der Waals surface area (Å²) >= 11 is 6.15. The Morgan fingerprint density at radius 1 is 1.00 bits per heavy atom. The Morgan fingerprint density at radius 2 is 1.72 bits per heavy atom. The summed E-state index contributed by atoms with van der Waals surface area (Å²) in [5.41, 5.74) is 1.23. The lowest BCUT2D eigenvalue weighted by Gasteiger charge is -2.36. The first-order valence-corrected chi connectivity index (χ1v) is 17.8. The summed E-state index contributed by atoms with van der Waals surface area (Å²) in [5.74, 6) is -1.04. The zero-order chi connectivity index (χ0) is 38.3. The minimum atomic E-state index is -4.62. The van der Waals surface area contributed by atoms with Crippen LogP contribution in [0.1, 0.15) is 46.3 Å². The molecule has 2 saturated heterocycles. The number of nitrogens with zero attached hydrogens (tertiary/aromatic N) is 9. The average molecular weight is 765 g/mol. The molecule has 7 rings (SSSR count). The van der Waals surface area contributed by atoms with Crippen LogP contribution < -0.4 is 15.8 Å². The first-order chi connectivity index (χ1) is 25.8. The number of halogens is 4. The fourth-order valence-electron chi connectivity index (χ4n) is 6.64. The zero-order valence-electron chi connectivity index (χ0n) is 29.4. The van der Waals surface area contributed by atoms with Gasteiger partial charge < -0.3 is 24.8 Å². The molecule has 0 atom stereocenters. The fourth-order valence-corrected chi connectivity index (χ4v) is 6.87. The van der Waals surface area contributed by atoms with Crippen LogP contribution >= 0.6 is 11.6 Å². The minimum Gasteiger partial charge on any atom is -0.504 e. The van der Waals surface area contributed by atoms with E-state index in [4.69, 9.17) is 16.6 Å². The van der Waals surface area contributed by atoms with Gasteiger partial charge in [0, 0.05) is 38.3 Å². The quantitative estimate of drug-likeness (QED) is 0.221. The van der Waals surface area contributed by atoms with Crippen LogP contribution in [0, 0.1) is 6.92 Å². The first-order valence-electron chi connectivity index (χ1n) is 17.4. The number of likely N-dealkylation sites (tertiary alicyclic amines) is 1. The lowest BCUT2D eigenvalue weighted by Crippen LogP contribution is -2.51. The molecule has 0 spiro atoms. The van der Waals surface area contributed by atoms with Crippen molar-refractivity contribution in [3.05, 3.63) is 92.4 Å². The van der Waals surface area contributed by atoms with E-state index in [0.717, 1.165) is 47.9 Å². The molecule has 3 aromatic heterocycles. The number of hydrogen-bond acceptors (Lipinski definition) is 10. The van der Waals surface area contributed by atoms with Crippen molar-refractivity contribution in [3.63, 3.8) is 0 Å². The van der Waals surface area contributed by atoms with Gasteiger partial charge >= 0.3 is 6.18 Å². The molecule has 5 heterocycles. The van der Waals surface area contributed by atoms with Gasteiger partial charge in [-0.05, 0) is 56.6 Å². The van der Waals surface area contributed by atoms with Crippen molar-refractivity contribution in [2.24, 2.45) is 0 Å². The number of aryl methyl sites for hydroxylation is 1. The number of fused-ring (bicyclic) bond motifs is 1. The number of anilines is 2. The Hall–Kier alpha value is -5.55. The van der Waals surface area contributed by atoms with Crippen molar-refractivity contribution in [3.8, 4) is 17.1 Å². The van der Waals surface area contributed by atoms with E-state index in [-0.39, 0.29) is 84.3 Å². The SMILES string of the molecule is CCc1c(N2CCN(C(=O)c3ncnc(C)c3O)CC2)c(=O)n2nc(-c3ccc(CN4CCC4)cc3)nc2n1CC(=O)Nc1ccc(C(F)(F)F)cc1Cl. The van der Waals surface area contributed by atoms with E-state index in [2.05, 4.69) is 25.3 Å². The van der Waals surface area contributed by atoms with Crippen LogP contribution in [0.2, 0.25) is 5.02 Å². The highest BCUT2D eigenvalue weighted by Gasteiger charge is 2.32. The highest BCUT2D eigenvalue weighted by molar-refractivity contribution is 6.33. The van der Waals surface area contributed by atoms with Crippen LogP contribution in [0.4, 0.5) is 24.5 Å². The van der Waals surface area contributed by atoms with Gasteiger partial charge in [0.15, 0.2) is 17.3 Å². The maximum absolute atomic E-state index is 14.3. The largest absolute Gasteiger partial charge is 0.504 e. The molecule has 2 aliphatic heterocycles. The normalized spacial score (nSPS) is 15.1. The Bertz CT molecular complexity index is 2300. The Morgan fingerprint density at radius 3 is 2.35 bits per heavy atom. The van der Waals surface area contributed by atoms with Crippen molar-refractivity contribution in [1.82, 2.24) is 38.9 Å². The lowest BCUT2D eigenvalue weighted by atomic mass is 10.1. The predicted molar refractivity (Wildman–Crippen MR) is 194 cm³/mol. The van der Waals surface area contributed by atoms with Gasteiger partial charge in [-0.1, -0.05) is 42.8 Å². The van der Waals surface area contributed by atoms with Crippen LogP contribution in [0.25, 0.3) is 17.2 Å². The van der Waals surface area contributed by atoms with Gasteiger partial charge in [0.2, 0.25) is 11.7 Å². The number of nitrogens with one attached hydrogen (secondary N) is 1. The molecule has 282 valence electrons. The Balaban J connectivity index is 1.23. The molecular formula is C36H36ClF3N10O4. The molecule has 0 unspecified atom stereocenters. The summed E-state index contributed by atoms with van der Waals surface area (Å²) in [7, 11) is 0. The fraction of sp³-hybridized carbons (Fsp3) is 0.361. The zero-order valence-corrected chi connectivity index (χ0v) is 30.2. The second-order valence-corrected chi connectivity index (χ2v) is 13.6. The van der Waals surface area contributed by atoms with Crippen molar-refractivity contribution in [1.29, 1.82) is 0 Å². The van der Waals surface area contributed by atoms with Crippen molar-refractivity contribution >= 4 is 40.6 Å². The second kappa shape index (κ2) is 14.7. The topological polar surface area (TPSA) is 154 Å². The summed E-state index contributed by atoms with van der Waals surface area (Å²) in [6.45, 7) is 6.80. The van der Waals surface area contributed by atoms with Gasteiger partial charge in [-0.3, -0.25) is 19.3 Å². The highest BCUT2D eigenvalue weighted by Crippen LogP contribution is 2.34. The highest BCUT2D eigenvalue weighted by atomic mass is 35.5. The number of carbonyl (C=O) groups is 2. The number of rotatable bonds is 9. The smallest absolute Gasteiger partial charge is 0.416 e. The molecule has 0 aliphatic carbocycles. The molecule has 2 N–H and O–H groups in total. The lowest BCUT2D eigenvalue weighted by molar-refractivity contribution is -0.137. The molecule has 0 saturated carbocycles. The molecule has 2 fully saturated rings. The third-order valence-corrected chi connectivity index (χ3v) is 10.0. The number of alkyl halides is 3. The molecule has 18 heteroatoms. The van der Waals surface area contributed by atoms with Crippen LogP contribution in [0.15, 0.2) is 53.6 Å². The van der Waals surface area contributed by atoms with E-state index in [9.17, 15) is 32.7 Å². The molecule has 0 radical (unpaired) electrons. The Kier molecular flexibility index (Phi) is 10.0. The van der Waals surface area contributed by atoms with Gasteiger partial charge in [-0.2, -0.15) is 22.7 Å². The number of hydrogen-bond donors (Lipinski definition) is 2. The van der Waals surface area contributed by atoms with Crippen molar-refractivity contribution in [2.45, 2.75) is 46.0 Å². The monoisotopic (exact) mass is 764 g/mol. The average Bonchev–Trinajstić information content (AvgIpc) is 3.59.